The van der Waals surface area contributed by atoms with Crippen LogP contribution in [0.25, 0.3) is 0 Å². The molecule has 1 rings (SSSR count). The summed E-state index contributed by atoms with van der Waals surface area (Å²) in [5, 5.41) is 20.9. The predicted molar refractivity (Wildman–Crippen MR) is 70.7 cm³/mol. The van der Waals surface area contributed by atoms with Crippen molar-refractivity contribution in [2.75, 3.05) is 13.1 Å². The summed E-state index contributed by atoms with van der Waals surface area (Å²) >= 11 is 0. The highest BCUT2D eigenvalue weighted by molar-refractivity contribution is 5.89. The van der Waals surface area contributed by atoms with Crippen molar-refractivity contribution < 1.29 is 24.5 Å². The Morgan fingerprint density at radius 2 is 2.05 bits per heavy atom. The van der Waals surface area contributed by atoms with E-state index in [0.717, 1.165) is 19.3 Å². The molecule has 0 aromatic rings. The molecule has 8 heteroatoms. The number of nitrogens with two attached hydrogens (primary N) is 2. The number of aliphatic hydroxyl groups is 2. The van der Waals surface area contributed by atoms with Crippen LogP contribution in [0.4, 0.5) is 0 Å². The van der Waals surface area contributed by atoms with Crippen molar-refractivity contribution in [3.05, 3.63) is 11.5 Å². The van der Waals surface area contributed by atoms with Gasteiger partial charge in [0.25, 0.3) is 0 Å². The minimum absolute atomic E-state index is 0.128. The first kappa shape index (κ1) is 16.3. The lowest BCUT2D eigenvalue weighted by Gasteiger charge is -2.14. The number of hydrogen-bond acceptors (Lipinski definition) is 7. The first-order valence-electron chi connectivity index (χ1n) is 6.53. The van der Waals surface area contributed by atoms with E-state index in [0.29, 0.717) is 13.0 Å². The molecule has 1 amide bonds. The molecule has 0 aromatic heterocycles. The van der Waals surface area contributed by atoms with Gasteiger partial charge in [0.2, 0.25) is 11.7 Å². The maximum atomic E-state index is 11.7. The standard InChI is InChI=1S/C12H21N3O5/c13-5-3-1-2-4-7(14)11(18)15-6-8-9(16)10(17)12(19)20-8/h7-8,16-17H,1-6,13-14H2,(H,15,18)/t7?,8-/m1/s1. The molecule has 0 bridgehead atoms. The molecule has 20 heavy (non-hydrogen) atoms. The summed E-state index contributed by atoms with van der Waals surface area (Å²) in [4.78, 5) is 22.6. The van der Waals surface area contributed by atoms with E-state index in [1.54, 1.807) is 0 Å². The third kappa shape index (κ3) is 4.39. The molecule has 1 unspecified atom stereocenters. The molecule has 0 aliphatic carbocycles. The van der Waals surface area contributed by atoms with E-state index in [-0.39, 0.29) is 6.54 Å². The van der Waals surface area contributed by atoms with Crippen molar-refractivity contribution in [3.8, 4) is 0 Å². The number of rotatable bonds is 8. The number of cyclic esters (lactones) is 1. The first-order chi connectivity index (χ1) is 9.47. The summed E-state index contributed by atoms with van der Waals surface area (Å²) in [5.41, 5.74) is 11.1. The minimum atomic E-state index is -1.06. The Bertz CT molecular complexity index is 397. The number of esters is 1. The van der Waals surface area contributed by atoms with Crippen molar-refractivity contribution in [1.82, 2.24) is 5.32 Å². The van der Waals surface area contributed by atoms with Crippen LogP contribution in [0.15, 0.2) is 11.5 Å². The Balaban J connectivity index is 2.28. The highest BCUT2D eigenvalue weighted by atomic mass is 16.6. The van der Waals surface area contributed by atoms with Gasteiger partial charge in [-0.25, -0.2) is 4.79 Å². The molecular formula is C12H21N3O5. The van der Waals surface area contributed by atoms with Crippen molar-refractivity contribution in [1.29, 1.82) is 0 Å². The van der Waals surface area contributed by atoms with Gasteiger partial charge >= 0.3 is 5.97 Å². The van der Waals surface area contributed by atoms with Gasteiger partial charge in [-0.3, -0.25) is 4.79 Å². The summed E-state index contributed by atoms with van der Waals surface area (Å²) < 4.78 is 4.65. The number of nitrogens with one attached hydrogen (secondary N) is 1. The molecule has 1 aliphatic heterocycles. The van der Waals surface area contributed by atoms with E-state index >= 15 is 0 Å². The summed E-state index contributed by atoms with van der Waals surface area (Å²) in [6, 6.07) is -0.662. The molecule has 2 atom stereocenters. The Morgan fingerprint density at radius 1 is 1.35 bits per heavy atom. The van der Waals surface area contributed by atoms with Gasteiger partial charge < -0.3 is 31.7 Å². The van der Waals surface area contributed by atoms with Gasteiger partial charge in [0.1, 0.15) is 0 Å². The fraction of sp³-hybridized carbons (Fsp3) is 0.667. The van der Waals surface area contributed by atoms with Crippen LogP contribution < -0.4 is 16.8 Å². The van der Waals surface area contributed by atoms with E-state index < -0.39 is 35.5 Å². The maximum absolute atomic E-state index is 11.7. The van der Waals surface area contributed by atoms with Gasteiger partial charge in [0, 0.05) is 0 Å². The zero-order chi connectivity index (χ0) is 15.1. The lowest BCUT2D eigenvalue weighted by Crippen LogP contribution is -2.43. The van der Waals surface area contributed by atoms with E-state index in [1.807, 2.05) is 0 Å². The van der Waals surface area contributed by atoms with Gasteiger partial charge in [0.05, 0.1) is 12.6 Å². The smallest absolute Gasteiger partial charge is 0.377 e. The molecule has 0 spiro atoms. The van der Waals surface area contributed by atoms with Crippen LogP contribution in [0, 0.1) is 0 Å². The fourth-order valence-electron chi connectivity index (χ4n) is 1.78. The van der Waals surface area contributed by atoms with E-state index in [1.165, 1.54) is 0 Å². The highest BCUT2D eigenvalue weighted by Crippen LogP contribution is 2.17. The molecule has 0 saturated heterocycles. The van der Waals surface area contributed by atoms with Crippen LogP contribution in [0.2, 0.25) is 0 Å². The maximum Gasteiger partial charge on any atom is 0.377 e. The molecule has 0 saturated carbocycles. The number of carbonyl (C=O) groups is 2. The SMILES string of the molecule is NCCCCCC(N)C(=O)NC[C@H]1OC(=O)C(O)=C1O. The number of carbonyl (C=O) groups excluding carboxylic acids is 2. The molecule has 0 aromatic carbocycles. The van der Waals surface area contributed by atoms with Gasteiger partial charge in [-0.1, -0.05) is 12.8 Å². The summed E-state index contributed by atoms with van der Waals surface area (Å²) in [6.07, 6.45) is 2.08. The summed E-state index contributed by atoms with van der Waals surface area (Å²) in [7, 11) is 0. The third-order valence-corrected chi connectivity index (χ3v) is 3.01. The minimum Gasteiger partial charge on any atom is -0.505 e. The van der Waals surface area contributed by atoms with Gasteiger partial charge in [-0.15, -0.1) is 0 Å². The quantitative estimate of drug-likeness (QED) is 0.290. The van der Waals surface area contributed by atoms with Gasteiger partial charge in [-0.2, -0.15) is 0 Å². The highest BCUT2D eigenvalue weighted by Gasteiger charge is 2.34. The fourth-order valence-corrected chi connectivity index (χ4v) is 1.78. The van der Waals surface area contributed by atoms with Crippen LogP contribution >= 0.6 is 0 Å². The van der Waals surface area contributed by atoms with Crippen LogP contribution in [0.3, 0.4) is 0 Å². The monoisotopic (exact) mass is 287 g/mol. The Kier molecular flexibility index (Phi) is 6.26. The largest absolute Gasteiger partial charge is 0.505 e. The van der Waals surface area contributed by atoms with Crippen molar-refractivity contribution >= 4 is 11.9 Å². The van der Waals surface area contributed by atoms with E-state index in [9.17, 15) is 14.7 Å². The second kappa shape index (κ2) is 7.71. The third-order valence-electron chi connectivity index (χ3n) is 3.01. The van der Waals surface area contributed by atoms with Crippen molar-refractivity contribution in [2.24, 2.45) is 11.5 Å². The average Bonchev–Trinajstić information content (AvgIpc) is 2.68. The topological polar surface area (TPSA) is 148 Å². The zero-order valence-corrected chi connectivity index (χ0v) is 11.2. The lowest BCUT2D eigenvalue weighted by molar-refractivity contribution is -0.142. The summed E-state index contributed by atoms with van der Waals surface area (Å²) in [5.74, 6) is -2.80. The Morgan fingerprint density at radius 3 is 2.60 bits per heavy atom. The van der Waals surface area contributed by atoms with Crippen LogP contribution in [0.5, 0.6) is 0 Å². The Hall–Kier alpha value is -1.80. The molecule has 114 valence electrons. The van der Waals surface area contributed by atoms with Crippen molar-refractivity contribution in [2.45, 2.75) is 37.8 Å². The lowest BCUT2D eigenvalue weighted by atomic mass is 10.1. The number of aliphatic hydroxyl groups excluding tert-OH is 2. The molecule has 1 heterocycles. The second-order valence-corrected chi connectivity index (χ2v) is 4.62. The second-order valence-electron chi connectivity index (χ2n) is 4.62. The molecule has 0 fully saturated rings. The molecule has 0 radical (unpaired) electrons. The molecule has 1 aliphatic rings. The van der Waals surface area contributed by atoms with Crippen molar-refractivity contribution in [3.63, 3.8) is 0 Å². The zero-order valence-electron chi connectivity index (χ0n) is 11.2. The average molecular weight is 287 g/mol. The van der Waals surface area contributed by atoms with Gasteiger partial charge in [0.15, 0.2) is 11.9 Å². The Labute approximate surface area is 116 Å². The van der Waals surface area contributed by atoms with Crippen LogP contribution in [-0.2, 0) is 14.3 Å². The van der Waals surface area contributed by atoms with Crippen LogP contribution in [-0.4, -0.2) is 47.3 Å². The predicted octanol–water partition coefficient (Wildman–Crippen LogP) is -0.798. The molecule has 8 nitrogen and oxygen atoms in total. The summed E-state index contributed by atoms with van der Waals surface area (Å²) in [6.45, 7) is 0.487. The van der Waals surface area contributed by atoms with Gasteiger partial charge in [-0.05, 0) is 19.4 Å². The first-order valence-corrected chi connectivity index (χ1v) is 6.53. The normalized spacial score (nSPS) is 19.9. The van der Waals surface area contributed by atoms with E-state index in [4.69, 9.17) is 16.6 Å². The van der Waals surface area contributed by atoms with E-state index in [2.05, 4.69) is 10.1 Å². The number of hydrogen-bond donors (Lipinski definition) is 5. The van der Waals surface area contributed by atoms with Crippen LogP contribution in [0.1, 0.15) is 25.7 Å². The molecule has 7 N–H and O–H groups in total. The molecular weight excluding hydrogens is 266 g/mol. The number of unbranched alkanes of at least 4 members (excludes halogenated alkanes) is 2. The number of ether oxygens (including phenoxy) is 1. The number of amides is 1.